The Balaban J connectivity index is 2.29. The molecule has 1 aliphatic rings. The summed E-state index contributed by atoms with van der Waals surface area (Å²) in [6.45, 7) is 5.66. The Bertz CT molecular complexity index is 473. The molecule has 1 aromatic heterocycles. The van der Waals surface area contributed by atoms with Crippen LogP contribution in [0.25, 0.3) is 0 Å². The van der Waals surface area contributed by atoms with Crippen molar-refractivity contribution < 1.29 is 9.66 Å². The van der Waals surface area contributed by atoms with Gasteiger partial charge in [0.1, 0.15) is 6.20 Å². The lowest BCUT2D eigenvalue weighted by Gasteiger charge is -2.24. The standard InChI is InChI=1S/C11H17N5O3/c1-3-12-10-13-6-8(16(17)18)9(14-10)15-11(2)4-5-19-7-11/h6H,3-5,7H2,1-2H3,(H2,12,13,14,15). The normalized spacial score (nSPS) is 22.2. The molecule has 0 saturated carbocycles. The number of nitro groups is 1. The van der Waals surface area contributed by atoms with Crippen LogP contribution in [-0.2, 0) is 4.74 Å². The first-order valence-corrected chi connectivity index (χ1v) is 6.15. The molecule has 0 radical (unpaired) electrons. The van der Waals surface area contributed by atoms with E-state index in [1.54, 1.807) is 0 Å². The fourth-order valence-electron chi connectivity index (χ4n) is 1.90. The van der Waals surface area contributed by atoms with Gasteiger partial charge in [0.15, 0.2) is 0 Å². The van der Waals surface area contributed by atoms with Crippen LogP contribution in [0, 0.1) is 10.1 Å². The molecule has 0 aromatic carbocycles. The minimum absolute atomic E-state index is 0.130. The predicted octanol–water partition coefficient (Wildman–Crippen LogP) is 1.41. The smallest absolute Gasteiger partial charge is 0.329 e. The molecule has 8 heteroatoms. The zero-order valence-corrected chi connectivity index (χ0v) is 11.0. The van der Waals surface area contributed by atoms with Gasteiger partial charge < -0.3 is 15.4 Å². The zero-order valence-electron chi connectivity index (χ0n) is 11.0. The lowest BCUT2D eigenvalue weighted by Crippen LogP contribution is -2.35. The Hall–Kier alpha value is -1.96. The van der Waals surface area contributed by atoms with Crippen molar-refractivity contribution in [1.82, 2.24) is 9.97 Å². The van der Waals surface area contributed by atoms with Crippen LogP contribution in [-0.4, -0.2) is 40.2 Å². The fraction of sp³-hybridized carbons (Fsp3) is 0.636. The van der Waals surface area contributed by atoms with Crippen molar-refractivity contribution in [2.24, 2.45) is 0 Å². The number of nitrogens with one attached hydrogen (secondary N) is 2. The summed E-state index contributed by atoms with van der Waals surface area (Å²) in [5.74, 6) is 0.599. The molecule has 1 aromatic rings. The van der Waals surface area contributed by atoms with Gasteiger partial charge in [0.25, 0.3) is 0 Å². The summed E-state index contributed by atoms with van der Waals surface area (Å²) in [7, 11) is 0. The van der Waals surface area contributed by atoms with Crippen molar-refractivity contribution in [3.63, 3.8) is 0 Å². The highest BCUT2D eigenvalue weighted by molar-refractivity contribution is 5.58. The molecule has 2 rings (SSSR count). The van der Waals surface area contributed by atoms with Crippen LogP contribution in [0.2, 0.25) is 0 Å². The number of aromatic nitrogens is 2. The number of hydrogen-bond donors (Lipinski definition) is 2. The predicted molar refractivity (Wildman–Crippen MR) is 70.3 cm³/mol. The Morgan fingerprint density at radius 1 is 1.63 bits per heavy atom. The first kappa shape index (κ1) is 13.5. The van der Waals surface area contributed by atoms with Crippen LogP contribution < -0.4 is 10.6 Å². The molecular formula is C11H17N5O3. The lowest BCUT2D eigenvalue weighted by molar-refractivity contribution is -0.384. The molecule has 2 N–H and O–H groups in total. The van der Waals surface area contributed by atoms with Gasteiger partial charge in [-0.1, -0.05) is 0 Å². The average molecular weight is 267 g/mol. The van der Waals surface area contributed by atoms with E-state index in [0.717, 1.165) is 6.42 Å². The van der Waals surface area contributed by atoms with E-state index in [1.165, 1.54) is 6.20 Å². The van der Waals surface area contributed by atoms with Gasteiger partial charge >= 0.3 is 5.69 Å². The third kappa shape index (κ3) is 3.08. The highest BCUT2D eigenvalue weighted by atomic mass is 16.6. The minimum Gasteiger partial charge on any atom is -0.379 e. The number of ether oxygens (including phenoxy) is 1. The van der Waals surface area contributed by atoms with E-state index < -0.39 is 4.92 Å². The van der Waals surface area contributed by atoms with Crippen molar-refractivity contribution in [1.29, 1.82) is 0 Å². The molecule has 1 aliphatic heterocycles. The van der Waals surface area contributed by atoms with Crippen LogP contribution in [0.5, 0.6) is 0 Å². The molecule has 0 bridgehead atoms. The average Bonchev–Trinajstić information content (AvgIpc) is 2.76. The van der Waals surface area contributed by atoms with Gasteiger partial charge in [-0.05, 0) is 20.3 Å². The number of hydrogen-bond acceptors (Lipinski definition) is 7. The summed E-state index contributed by atoms with van der Waals surface area (Å²) in [5, 5.41) is 17.0. The summed E-state index contributed by atoms with van der Waals surface area (Å²) >= 11 is 0. The van der Waals surface area contributed by atoms with Gasteiger partial charge in [-0.15, -0.1) is 0 Å². The molecule has 1 fully saturated rings. The van der Waals surface area contributed by atoms with Crippen LogP contribution in [0.4, 0.5) is 17.5 Å². The van der Waals surface area contributed by atoms with Gasteiger partial charge in [0.05, 0.1) is 17.1 Å². The van der Waals surface area contributed by atoms with Crippen LogP contribution in [0.3, 0.4) is 0 Å². The topological polar surface area (TPSA) is 102 Å². The van der Waals surface area contributed by atoms with E-state index in [2.05, 4.69) is 20.6 Å². The maximum Gasteiger partial charge on any atom is 0.329 e. The van der Waals surface area contributed by atoms with E-state index >= 15 is 0 Å². The van der Waals surface area contributed by atoms with Gasteiger partial charge in [-0.25, -0.2) is 4.98 Å². The zero-order chi connectivity index (χ0) is 13.9. The highest BCUT2D eigenvalue weighted by Gasteiger charge is 2.32. The van der Waals surface area contributed by atoms with E-state index in [0.29, 0.717) is 25.7 Å². The molecule has 0 spiro atoms. The quantitative estimate of drug-likeness (QED) is 0.614. The van der Waals surface area contributed by atoms with Gasteiger partial charge in [-0.2, -0.15) is 4.98 Å². The van der Waals surface area contributed by atoms with E-state index in [-0.39, 0.29) is 17.0 Å². The summed E-state index contributed by atoms with van der Waals surface area (Å²) in [6, 6.07) is 0. The fourth-order valence-corrected chi connectivity index (χ4v) is 1.90. The molecule has 1 saturated heterocycles. The van der Waals surface area contributed by atoms with Crippen LogP contribution in [0.1, 0.15) is 20.3 Å². The van der Waals surface area contributed by atoms with E-state index in [4.69, 9.17) is 4.74 Å². The van der Waals surface area contributed by atoms with Crippen molar-refractivity contribution in [3.8, 4) is 0 Å². The largest absolute Gasteiger partial charge is 0.379 e. The SMILES string of the molecule is CCNc1ncc([N+](=O)[O-])c(NC2(C)CCOC2)n1. The van der Waals surface area contributed by atoms with Crippen molar-refractivity contribution in [2.75, 3.05) is 30.4 Å². The molecule has 19 heavy (non-hydrogen) atoms. The first-order valence-electron chi connectivity index (χ1n) is 6.15. The number of rotatable bonds is 5. The summed E-state index contributed by atoms with van der Waals surface area (Å²) in [5.41, 5.74) is -0.461. The number of anilines is 2. The van der Waals surface area contributed by atoms with Crippen molar-refractivity contribution >= 4 is 17.5 Å². The first-order chi connectivity index (χ1) is 9.04. The monoisotopic (exact) mass is 267 g/mol. The molecule has 0 aliphatic carbocycles. The molecule has 2 heterocycles. The second-order valence-corrected chi connectivity index (χ2v) is 4.70. The van der Waals surface area contributed by atoms with Crippen molar-refractivity contribution in [3.05, 3.63) is 16.3 Å². The summed E-state index contributed by atoms with van der Waals surface area (Å²) in [4.78, 5) is 18.6. The second-order valence-electron chi connectivity index (χ2n) is 4.70. The van der Waals surface area contributed by atoms with E-state index in [9.17, 15) is 10.1 Å². The Labute approximate surface area is 110 Å². The Morgan fingerprint density at radius 2 is 2.42 bits per heavy atom. The maximum atomic E-state index is 11.0. The second kappa shape index (κ2) is 5.35. The third-order valence-electron chi connectivity index (χ3n) is 2.94. The van der Waals surface area contributed by atoms with E-state index in [1.807, 2.05) is 13.8 Å². The van der Waals surface area contributed by atoms with Crippen LogP contribution >= 0.6 is 0 Å². The third-order valence-corrected chi connectivity index (χ3v) is 2.94. The summed E-state index contributed by atoms with van der Waals surface area (Å²) in [6.07, 6.45) is 2.00. The highest BCUT2D eigenvalue weighted by Crippen LogP contribution is 2.28. The summed E-state index contributed by atoms with van der Waals surface area (Å²) < 4.78 is 5.32. The molecule has 1 atom stereocenters. The van der Waals surface area contributed by atoms with Gasteiger partial charge in [-0.3, -0.25) is 10.1 Å². The Kier molecular flexibility index (Phi) is 3.79. The Morgan fingerprint density at radius 3 is 3.00 bits per heavy atom. The molecule has 1 unspecified atom stereocenters. The maximum absolute atomic E-state index is 11.0. The molecule has 104 valence electrons. The van der Waals surface area contributed by atoms with Crippen LogP contribution in [0.15, 0.2) is 6.20 Å². The molecule has 8 nitrogen and oxygen atoms in total. The minimum atomic E-state index is -0.489. The number of nitrogens with zero attached hydrogens (tertiary/aromatic N) is 3. The molecule has 0 amide bonds. The van der Waals surface area contributed by atoms with Gasteiger partial charge in [0, 0.05) is 13.2 Å². The van der Waals surface area contributed by atoms with Gasteiger partial charge in [0.2, 0.25) is 11.8 Å². The lowest BCUT2D eigenvalue weighted by atomic mass is 10.0. The molecular weight excluding hydrogens is 250 g/mol. The van der Waals surface area contributed by atoms with Crippen molar-refractivity contribution in [2.45, 2.75) is 25.8 Å².